The van der Waals surface area contributed by atoms with Crippen molar-refractivity contribution in [3.8, 4) is 5.75 Å². The van der Waals surface area contributed by atoms with E-state index in [4.69, 9.17) is 26.8 Å². The first-order valence-electron chi connectivity index (χ1n) is 6.23. The van der Waals surface area contributed by atoms with E-state index in [9.17, 15) is 0 Å². The molecule has 0 unspecified atom stereocenters. The Kier molecular flexibility index (Phi) is 4.15. The maximum atomic E-state index is 6.12. The molecule has 0 aliphatic heterocycles. The summed E-state index contributed by atoms with van der Waals surface area (Å²) in [5, 5.41) is 0.675. The molecule has 0 bridgehead atoms. The predicted molar refractivity (Wildman–Crippen MR) is 73.3 cm³/mol. The Labute approximate surface area is 113 Å². The van der Waals surface area contributed by atoms with Crippen LogP contribution in [0, 0.1) is 0 Å². The fraction of sp³-hybridized carbons (Fsp3) is 0.571. The van der Waals surface area contributed by atoms with E-state index in [0.29, 0.717) is 18.2 Å². The van der Waals surface area contributed by atoms with Crippen LogP contribution in [-0.4, -0.2) is 20.8 Å². The number of nitrogens with two attached hydrogens (primary N) is 1. The monoisotopic (exact) mass is 269 g/mol. The molecule has 1 fully saturated rings. The SMILES string of the molecule is COCc1cc(Cl)cc(OC)c1C1(CN)CCC1. The van der Waals surface area contributed by atoms with E-state index in [1.165, 1.54) is 12.0 Å². The number of ether oxygens (including phenoxy) is 2. The molecule has 4 heteroatoms. The highest BCUT2D eigenvalue weighted by molar-refractivity contribution is 6.30. The minimum atomic E-state index is 0.0454. The van der Waals surface area contributed by atoms with E-state index >= 15 is 0 Å². The molecule has 18 heavy (non-hydrogen) atoms. The van der Waals surface area contributed by atoms with Crippen LogP contribution in [-0.2, 0) is 16.8 Å². The molecule has 3 nitrogen and oxygen atoms in total. The van der Waals surface area contributed by atoms with E-state index in [1.807, 2.05) is 12.1 Å². The Morgan fingerprint density at radius 1 is 1.33 bits per heavy atom. The number of methoxy groups -OCH3 is 2. The highest BCUT2D eigenvalue weighted by Gasteiger charge is 2.41. The average Bonchev–Trinajstić information content (AvgIpc) is 2.30. The van der Waals surface area contributed by atoms with Gasteiger partial charge in [0, 0.05) is 29.7 Å². The standard InChI is InChI=1S/C14H20ClNO2/c1-17-8-10-6-11(15)7-12(18-2)13(10)14(9-16)4-3-5-14/h6-7H,3-5,8-9,16H2,1-2H3. The van der Waals surface area contributed by atoms with Gasteiger partial charge in [-0.3, -0.25) is 0 Å². The van der Waals surface area contributed by atoms with E-state index in [1.54, 1.807) is 14.2 Å². The van der Waals surface area contributed by atoms with Gasteiger partial charge in [-0.1, -0.05) is 18.0 Å². The zero-order valence-corrected chi connectivity index (χ0v) is 11.7. The lowest BCUT2D eigenvalue weighted by molar-refractivity contribution is 0.176. The van der Waals surface area contributed by atoms with Crippen LogP contribution in [0.1, 0.15) is 30.4 Å². The van der Waals surface area contributed by atoms with Crippen molar-refractivity contribution in [3.05, 3.63) is 28.3 Å². The molecule has 1 saturated carbocycles. The van der Waals surface area contributed by atoms with Gasteiger partial charge in [-0.15, -0.1) is 0 Å². The summed E-state index contributed by atoms with van der Waals surface area (Å²) in [6, 6.07) is 3.82. The summed E-state index contributed by atoms with van der Waals surface area (Å²) in [4.78, 5) is 0. The van der Waals surface area contributed by atoms with Gasteiger partial charge in [0.25, 0.3) is 0 Å². The number of halogens is 1. The lowest BCUT2D eigenvalue weighted by Crippen LogP contribution is -2.42. The van der Waals surface area contributed by atoms with Crippen molar-refractivity contribution in [1.82, 2.24) is 0 Å². The maximum absolute atomic E-state index is 6.12. The highest BCUT2D eigenvalue weighted by atomic mass is 35.5. The van der Waals surface area contributed by atoms with Crippen molar-refractivity contribution in [2.45, 2.75) is 31.3 Å². The first-order chi connectivity index (χ1) is 8.66. The third-order valence-corrected chi connectivity index (χ3v) is 4.12. The largest absolute Gasteiger partial charge is 0.496 e. The van der Waals surface area contributed by atoms with Crippen molar-refractivity contribution in [1.29, 1.82) is 0 Å². The summed E-state index contributed by atoms with van der Waals surface area (Å²) in [7, 11) is 3.36. The topological polar surface area (TPSA) is 44.5 Å². The Bertz CT molecular complexity index is 425. The molecule has 1 aromatic carbocycles. The second kappa shape index (κ2) is 5.47. The Hall–Kier alpha value is -0.770. The molecule has 0 aromatic heterocycles. The first kappa shape index (κ1) is 13.7. The summed E-state index contributed by atoms with van der Waals surface area (Å²) < 4.78 is 10.8. The van der Waals surface area contributed by atoms with Gasteiger partial charge < -0.3 is 15.2 Å². The summed E-state index contributed by atoms with van der Waals surface area (Å²) in [6.07, 6.45) is 3.44. The minimum Gasteiger partial charge on any atom is -0.496 e. The quantitative estimate of drug-likeness (QED) is 0.894. The van der Waals surface area contributed by atoms with Crippen LogP contribution >= 0.6 is 11.6 Å². The van der Waals surface area contributed by atoms with Crippen molar-refractivity contribution < 1.29 is 9.47 Å². The van der Waals surface area contributed by atoms with Crippen LogP contribution in [0.15, 0.2) is 12.1 Å². The summed E-state index contributed by atoms with van der Waals surface area (Å²) in [6.45, 7) is 1.18. The first-order valence-corrected chi connectivity index (χ1v) is 6.60. The summed E-state index contributed by atoms with van der Waals surface area (Å²) >= 11 is 6.12. The molecule has 0 spiro atoms. The van der Waals surface area contributed by atoms with Gasteiger partial charge in [-0.2, -0.15) is 0 Å². The van der Waals surface area contributed by atoms with Gasteiger partial charge in [0.1, 0.15) is 5.75 Å². The lowest BCUT2D eigenvalue weighted by Gasteiger charge is -2.43. The van der Waals surface area contributed by atoms with Crippen LogP contribution in [0.2, 0.25) is 5.02 Å². The van der Waals surface area contributed by atoms with Gasteiger partial charge in [0.05, 0.1) is 13.7 Å². The third-order valence-electron chi connectivity index (χ3n) is 3.90. The maximum Gasteiger partial charge on any atom is 0.124 e. The summed E-state index contributed by atoms with van der Waals surface area (Å²) in [5.74, 6) is 0.833. The number of hydrogen-bond acceptors (Lipinski definition) is 3. The molecular weight excluding hydrogens is 250 g/mol. The minimum absolute atomic E-state index is 0.0454. The Balaban J connectivity index is 2.54. The second-order valence-electron chi connectivity index (χ2n) is 4.91. The molecule has 0 saturated heterocycles. The molecule has 1 aliphatic carbocycles. The molecule has 100 valence electrons. The number of benzene rings is 1. The van der Waals surface area contributed by atoms with Crippen molar-refractivity contribution >= 4 is 11.6 Å². The van der Waals surface area contributed by atoms with Crippen LogP contribution in [0.5, 0.6) is 5.75 Å². The van der Waals surface area contributed by atoms with E-state index < -0.39 is 0 Å². The normalized spacial score (nSPS) is 17.3. The van der Waals surface area contributed by atoms with Crippen LogP contribution < -0.4 is 10.5 Å². The van der Waals surface area contributed by atoms with Crippen LogP contribution in [0.3, 0.4) is 0 Å². The predicted octanol–water partition coefficient (Wildman–Crippen LogP) is 2.88. The molecule has 0 atom stereocenters. The average molecular weight is 270 g/mol. The zero-order valence-electron chi connectivity index (χ0n) is 11.0. The molecule has 1 aromatic rings. The molecule has 0 amide bonds. The second-order valence-corrected chi connectivity index (χ2v) is 5.35. The number of rotatable bonds is 5. The van der Waals surface area contributed by atoms with Gasteiger partial charge in [-0.05, 0) is 30.5 Å². The van der Waals surface area contributed by atoms with Gasteiger partial charge >= 0.3 is 0 Å². The fourth-order valence-electron chi connectivity index (χ4n) is 2.83. The highest BCUT2D eigenvalue weighted by Crippen LogP contribution is 2.48. The van der Waals surface area contributed by atoms with Crippen molar-refractivity contribution in [2.24, 2.45) is 5.73 Å². The van der Waals surface area contributed by atoms with E-state index in [2.05, 4.69) is 0 Å². The van der Waals surface area contributed by atoms with Gasteiger partial charge in [0.2, 0.25) is 0 Å². The fourth-order valence-corrected chi connectivity index (χ4v) is 3.06. The summed E-state index contributed by atoms with van der Waals surface area (Å²) in [5.41, 5.74) is 8.32. The van der Waals surface area contributed by atoms with E-state index in [-0.39, 0.29) is 5.41 Å². The van der Waals surface area contributed by atoms with Crippen molar-refractivity contribution in [3.63, 3.8) is 0 Å². The Morgan fingerprint density at radius 3 is 2.50 bits per heavy atom. The van der Waals surface area contributed by atoms with Crippen LogP contribution in [0.25, 0.3) is 0 Å². The molecule has 2 N–H and O–H groups in total. The van der Waals surface area contributed by atoms with Gasteiger partial charge in [-0.25, -0.2) is 0 Å². The third kappa shape index (κ3) is 2.22. The Morgan fingerprint density at radius 2 is 2.06 bits per heavy atom. The lowest BCUT2D eigenvalue weighted by atomic mass is 9.63. The molecular formula is C14H20ClNO2. The molecule has 1 aliphatic rings. The smallest absolute Gasteiger partial charge is 0.124 e. The molecule has 0 heterocycles. The molecule has 0 radical (unpaired) electrons. The zero-order chi connectivity index (χ0) is 13.2. The van der Waals surface area contributed by atoms with Gasteiger partial charge in [0.15, 0.2) is 0 Å². The van der Waals surface area contributed by atoms with Crippen LogP contribution in [0.4, 0.5) is 0 Å². The molecule has 2 rings (SSSR count). The van der Waals surface area contributed by atoms with E-state index in [0.717, 1.165) is 24.2 Å². The number of hydrogen-bond donors (Lipinski definition) is 1. The van der Waals surface area contributed by atoms with Crippen molar-refractivity contribution in [2.75, 3.05) is 20.8 Å².